The maximum atomic E-state index is 6.18. The second kappa shape index (κ2) is 6.60. The number of nitrogens with zero attached hydrogens (tertiary/aromatic N) is 2. The molecule has 3 rings (SSSR count). The van der Waals surface area contributed by atoms with E-state index in [9.17, 15) is 0 Å². The molecule has 0 saturated heterocycles. The maximum absolute atomic E-state index is 6.18. The molecular formula is C21H25ClN2. The van der Waals surface area contributed by atoms with Gasteiger partial charge in [0.15, 0.2) is 0 Å². The summed E-state index contributed by atoms with van der Waals surface area (Å²) in [5, 5.41) is 0.680. The average molecular weight is 341 g/mol. The molecule has 0 spiro atoms. The SMILES string of the molecule is CCN1c2ccc(C=Nc3ccccc3Cl)cc2C(C)CC1(C)C. The smallest absolute Gasteiger partial charge is 0.0816 e. The number of para-hydroxylation sites is 1. The first kappa shape index (κ1) is 17.0. The van der Waals surface area contributed by atoms with Crippen molar-refractivity contribution in [1.29, 1.82) is 0 Å². The predicted octanol–water partition coefficient (Wildman–Crippen LogP) is 6.20. The van der Waals surface area contributed by atoms with Gasteiger partial charge in [0.1, 0.15) is 0 Å². The lowest BCUT2D eigenvalue weighted by Gasteiger charge is -2.47. The van der Waals surface area contributed by atoms with E-state index in [-0.39, 0.29) is 5.54 Å². The quantitative estimate of drug-likeness (QED) is 0.607. The van der Waals surface area contributed by atoms with Crippen molar-refractivity contribution in [3.8, 4) is 0 Å². The Hall–Kier alpha value is -1.80. The molecule has 24 heavy (non-hydrogen) atoms. The molecule has 0 aromatic heterocycles. The van der Waals surface area contributed by atoms with E-state index < -0.39 is 0 Å². The molecule has 2 aromatic rings. The Kier molecular flexibility index (Phi) is 4.69. The normalized spacial score (nSPS) is 19.5. The summed E-state index contributed by atoms with van der Waals surface area (Å²) in [4.78, 5) is 7.06. The highest BCUT2D eigenvalue weighted by atomic mass is 35.5. The molecule has 1 unspecified atom stereocenters. The zero-order valence-corrected chi connectivity index (χ0v) is 15.6. The van der Waals surface area contributed by atoms with Crippen LogP contribution < -0.4 is 4.90 Å². The second-order valence-corrected chi connectivity index (χ2v) is 7.60. The van der Waals surface area contributed by atoms with Crippen molar-refractivity contribution >= 4 is 29.2 Å². The van der Waals surface area contributed by atoms with Crippen LogP contribution in [0.4, 0.5) is 11.4 Å². The molecule has 1 heterocycles. The summed E-state index contributed by atoms with van der Waals surface area (Å²) in [6.07, 6.45) is 3.07. The van der Waals surface area contributed by atoms with E-state index in [0.717, 1.165) is 17.8 Å². The zero-order chi connectivity index (χ0) is 17.3. The molecular weight excluding hydrogens is 316 g/mol. The molecule has 2 nitrogen and oxygen atoms in total. The lowest BCUT2D eigenvalue weighted by atomic mass is 9.79. The fraction of sp³-hybridized carbons (Fsp3) is 0.381. The van der Waals surface area contributed by atoms with Gasteiger partial charge in [0.05, 0.1) is 10.7 Å². The second-order valence-electron chi connectivity index (χ2n) is 7.19. The van der Waals surface area contributed by atoms with Crippen molar-refractivity contribution in [2.75, 3.05) is 11.4 Å². The number of benzene rings is 2. The van der Waals surface area contributed by atoms with Crippen molar-refractivity contribution in [2.24, 2.45) is 4.99 Å². The Morgan fingerprint density at radius 2 is 2.00 bits per heavy atom. The Bertz CT molecular complexity index is 764. The molecule has 0 bridgehead atoms. The third kappa shape index (κ3) is 3.21. The van der Waals surface area contributed by atoms with Crippen LogP contribution >= 0.6 is 11.6 Å². The molecule has 1 aliphatic heterocycles. The molecule has 3 heteroatoms. The van der Waals surface area contributed by atoms with Gasteiger partial charge in [-0.3, -0.25) is 4.99 Å². The lowest BCUT2D eigenvalue weighted by molar-refractivity contribution is 0.381. The summed E-state index contributed by atoms with van der Waals surface area (Å²) < 4.78 is 0. The third-order valence-electron chi connectivity index (χ3n) is 4.93. The standard InChI is InChI=1S/C21H25ClN2/c1-5-24-20-11-10-16(12-17(20)15(2)13-21(24,3)4)14-23-19-9-7-6-8-18(19)22/h6-12,14-15H,5,13H2,1-4H3. The van der Waals surface area contributed by atoms with E-state index in [1.165, 1.54) is 17.7 Å². The van der Waals surface area contributed by atoms with Crippen LogP contribution in [0.2, 0.25) is 5.02 Å². The minimum Gasteiger partial charge on any atom is -0.366 e. The topological polar surface area (TPSA) is 15.6 Å². The number of rotatable bonds is 3. The molecule has 0 amide bonds. The van der Waals surface area contributed by atoms with E-state index in [0.29, 0.717) is 10.9 Å². The molecule has 0 fully saturated rings. The zero-order valence-electron chi connectivity index (χ0n) is 14.9. The minimum absolute atomic E-state index is 0.203. The fourth-order valence-electron chi connectivity index (χ4n) is 3.89. The number of hydrogen-bond acceptors (Lipinski definition) is 2. The minimum atomic E-state index is 0.203. The van der Waals surface area contributed by atoms with Gasteiger partial charge < -0.3 is 4.90 Å². The number of aliphatic imine (C=N–C) groups is 1. The Morgan fingerprint density at radius 3 is 2.71 bits per heavy atom. The molecule has 0 aliphatic carbocycles. The molecule has 0 saturated carbocycles. The van der Waals surface area contributed by atoms with Gasteiger partial charge in [-0.15, -0.1) is 0 Å². The lowest BCUT2D eigenvalue weighted by Crippen LogP contribution is -2.48. The van der Waals surface area contributed by atoms with Crippen LogP contribution in [0, 0.1) is 0 Å². The van der Waals surface area contributed by atoms with E-state index in [1.54, 1.807) is 0 Å². The highest BCUT2D eigenvalue weighted by molar-refractivity contribution is 6.33. The summed E-state index contributed by atoms with van der Waals surface area (Å²) in [6.45, 7) is 10.3. The van der Waals surface area contributed by atoms with Crippen LogP contribution in [0.5, 0.6) is 0 Å². The fourth-order valence-corrected chi connectivity index (χ4v) is 4.07. The van der Waals surface area contributed by atoms with E-state index >= 15 is 0 Å². The molecule has 1 atom stereocenters. The predicted molar refractivity (Wildman–Crippen MR) is 105 cm³/mol. The number of hydrogen-bond donors (Lipinski definition) is 0. The van der Waals surface area contributed by atoms with E-state index in [2.05, 4.69) is 55.8 Å². The van der Waals surface area contributed by atoms with Crippen LogP contribution in [0.1, 0.15) is 51.2 Å². The third-order valence-corrected chi connectivity index (χ3v) is 5.25. The van der Waals surface area contributed by atoms with Crippen LogP contribution in [-0.4, -0.2) is 18.3 Å². The molecule has 0 N–H and O–H groups in total. The summed E-state index contributed by atoms with van der Waals surface area (Å²) in [6, 6.07) is 14.3. The summed E-state index contributed by atoms with van der Waals surface area (Å²) in [7, 11) is 0. The average Bonchev–Trinajstić information content (AvgIpc) is 2.54. The Balaban J connectivity index is 1.94. The largest absolute Gasteiger partial charge is 0.366 e. The van der Waals surface area contributed by atoms with Crippen molar-refractivity contribution in [2.45, 2.75) is 45.6 Å². The Morgan fingerprint density at radius 1 is 1.25 bits per heavy atom. The van der Waals surface area contributed by atoms with E-state index in [1.807, 2.05) is 30.5 Å². The first-order valence-electron chi connectivity index (χ1n) is 8.62. The van der Waals surface area contributed by atoms with Crippen molar-refractivity contribution in [3.05, 3.63) is 58.6 Å². The van der Waals surface area contributed by atoms with Crippen LogP contribution in [-0.2, 0) is 0 Å². The van der Waals surface area contributed by atoms with Crippen LogP contribution in [0.25, 0.3) is 0 Å². The van der Waals surface area contributed by atoms with Crippen molar-refractivity contribution in [3.63, 3.8) is 0 Å². The number of anilines is 1. The van der Waals surface area contributed by atoms with Gasteiger partial charge in [-0.05, 0) is 68.5 Å². The summed E-state index contributed by atoms with van der Waals surface area (Å²) in [5.41, 5.74) is 4.90. The summed E-state index contributed by atoms with van der Waals surface area (Å²) in [5.74, 6) is 0.548. The molecule has 2 aromatic carbocycles. The van der Waals surface area contributed by atoms with Gasteiger partial charge >= 0.3 is 0 Å². The molecule has 0 radical (unpaired) electrons. The van der Waals surface area contributed by atoms with Crippen molar-refractivity contribution in [1.82, 2.24) is 0 Å². The monoisotopic (exact) mass is 340 g/mol. The highest BCUT2D eigenvalue weighted by Gasteiger charge is 2.35. The first-order chi connectivity index (χ1) is 11.4. The van der Waals surface area contributed by atoms with Gasteiger partial charge in [-0.2, -0.15) is 0 Å². The van der Waals surface area contributed by atoms with Crippen LogP contribution in [0.15, 0.2) is 47.5 Å². The van der Waals surface area contributed by atoms with Gasteiger partial charge in [-0.25, -0.2) is 0 Å². The number of halogens is 1. The highest BCUT2D eigenvalue weighted by Crippen LogP contribution is 2.43. The maximum Gasteiger partial charge on any atom is 0.0816 e. The molecule has 1 aliphatic rings. The number of fused-ring (bicyclic) bond motifs is 1. The first-order valence-corrected chi connectivity index (χ1v) is 9.00. The summed E-state index contributed by atoms with van der Waals surface area (Å²) >= 11 is 6.18. The van der Waals surface area contributed by atoms with Crippen molar-refractivity contribution < 1.29 is 0 Å². The van der Waals surface area contributed by atoms with Gasteiger partial charge in [0.25, 0.3) is 0 Å². The van der Waals surface area contributed by atoms with Gasteiger partial charge in [-0.1, -0.05) is 36.7 Å². The molecule has 126 valence electrons. The Labute approximate surface area is 150 Å². The van der Waals surface area contributed by atoms with E-state index in [4.69, 9.17) is 11.6 Å². The van der Waals surface area contributed by atoms with Gasteiger partial charge in [0, 0.05) is 24.0 Å². The van der Waals surface area contributed by atoms with Gasteiger partial charge in [0.2, 0.25) is 0 Å². The van der Waals surface area contributed by atoms with Crippen LogP contribution in [0.3, 0.4) is 0 Å².